The minimum absolute atomic E-state index is 0.0394. The van der Waals surface area contributed by atoms with E-state index < -0.39 is 41.4 Å². The molecule has 0 radical (unpaired) electrons. The van der Waals surface area contributed by atoms with Gasteiger partial charge in [-0.15, -0.1) is 11.3 Å². The number of carbonyl (C=O) groups excluding carboxylic acids is 5. The van der Waals surface area contributed by atoms with Crippen LogP contribution in [0.3, 0.4) is 0 Å². The molecule has 1 atom stereocenters. The van der Waals surface area contributed by atoms with Crippen LogP contribution in [0.5, 0.6) is 5.75 Å². The van der Waals surface area contributed by atoms with E-state index in [1.165, 1.54) is 17.0 Å². The van der Waals surface area contributed by atoms with Crippen molar-refractivity contribution in [2.24, 2.45) is 0 Å². The van der Waals surface area contributed by atoms with Gasteiger partial charge in [0.2, 0.25) is 11.8 Å². The molecule has 14 nitrogen and oxygen atoms in total. The molecule has 0 bridgehead atoms. The molecule has 0 spiro atoms. The summed E-state index contributed by atoms with van der Waals surface area (Å²) in [5, 5.41) is 3.13. The fraction of sp³-hybridized carbons (Fsp3) is 0.310. The fourth-order valence-corrected chi connectivity index (χ4v) is 7.47. The quantitative estimate of drug-likeness (QED) is 0.111. The van der Waals surface area contributed by atoms with Crippen molar-refractivity contribution in [1.29, 1.82) is 0 Å². The smallest absolute Gasteiger partial charge is 0.416 e. The number of ether oxygens (including phenoxy) is 3. The molecule has 4 heterocycles. The second kappa shape index (κ2) is 16.1. The predicted octanol–water partition coefficient (Wildman–Crippen LogP) is 6.33. The van der Waals surface area contributed by atoms with Gasteiger partial charge in [0.05, 0.1) is 41.1 Å². The molecular formula is C42H42N6O8S. The van der Waals surface area contributed by atoms with E-state index in [1.807, 2.05) is 50.5 Å². The highest BCUT2D eigenvalue weighted by Gasteiger charge is 2.44. The second-order valence-electron chi connectivity index (χ2n) is 14.8. The lowest BCUT2D eigenvalue weighted by atomic mass is 10.0. The molecule has 5 aromatic rings. The Balaban J connectivity index is 0.943. The van der Waals surface area contributed by atoms with E-state index in [0.717, 1.165) is 42.5 Å². The Morgan fingerprint density at radius 3 is 2.32 bits per heavy atom. The molecule has 2 aliphatic heterocycles. The Hall–Kier alpha value is -6.19. The first-order valence-electron chi connectivity index (χ1n) is 18.5. The van der Waals surface area contributed by atoms with Crippen LogP contribution in [-0.4, -0.2) is 96.7 Å². The molecule has 5 amide bonds. The Kier molecular flexibility index (Phi) is 11.0. The van der Waals surface area contributed by atoms with Crippen molar-refractivity contribution >= 4 is 62.8 Å². The summed E-state index contributed by atoms with van der Waals surface area (Å²) in [7, 11) is 4.04. The molecule has 57 heavy (non-hydrogen) atoms. The first-order valence-corrected chi connectivity index (χ1v) is 19.3. The van der Waals surface area contributed by atoms with Crippen LogP contribution in [0.2, 0.25) is 0 Å². The molecule has 294 valence electrons. The van der Waals surface area contributed by atoms with E-state index in [4.69, 9.17) is 19.2 Å². The number of anilines is 2. The lowest BCUT2D eigenvalue weighted by molar-refractivity contribution is -0.136. The standard InChI is InChI=1S/C42H42N6O8S/c1-42(2,3)56-41(53)47(18-19-54-20-21-55-29-12-13-30-31(23-29)40(52)48(39(30)51)33-15-17-36(49)45-37(33)50)35-16-10-27(24-43-35)25-6-8-26(9-7-25)38-44-32-14-11-28(46(4)5)22-34(32)57-38/h6-14,16,22-24,33H,15,17-21H2,1-5H3,(H,45,49,50). The molecular weight excluding hydrogens is 749 g/mol. The number of imide groups is 2. The highest BCUT2D eigenvalue weighted by atomic mass is 32.1. The minimum atomic E-state index is -1.05. The number of hydrogen-bond acceptors (Lipinski definition) is 12. The lowest BCUT2D eigenvalue weighted by Crippen LogP contribution is -2.54. The van der Waals surface area contributed by atoms with Crippen molar-refractivity contribution in [2.45, 2.75) is 45.3 Å². The van der Waals surface area contributed by atoms with Crippen molar-refractivity contribution in [3.8, 4) is 27.4 Å². The topological polar surface area (TPSA) is 161 Å². The molecule has 3 aromatic carbocycles. The van der Waals surface area contributed by atoms with E-state index >= 15 is 0 Å². The number of thiazole rings is 1. The van der Waals surface area contributed by atoms with Crippen molar-refractivity contribution in [3.05, 3.63) is 90.1 Å². The number of amides is 5. The maximum absolute atomic E-state index is 13.3. The molecule has 0 aliphatic carbocycles. The van der Waals surface area contributed by atoms with Crippen molar-refractivity contribution in [1.82, 2.24) is 20.2 Å². The van der Waals surface area contributed by atoms with E-state index in [9.17, 15) is 24.0 Å². The van der Waals surface area contributed by atoms with Gasteiger partial charge in [-0.25, -0.2) is 14.8 Å². The number of fused-ring (bicyclic) bond motifs is 2. The van der Waals surface area contributed by atoms with E-state index in [2.05, 4.69) is 27.3 Å². The molecule has 1 saturated heterocycles. The summed E-state index contributed by atoms with van der Waals surface area (Å²) in [6, 6.07) is 21.5. The van der Waals surface area contributed by atoms with Gasteiger partial charge in [-0.05, 0) is 81.3 Å². The number of hydrogen-bond donors (Lipinski definition) is 1. The normalized spacial score (nSPS) is 15.5. The summed E-state index contributed by atoms with van der Waals surface area (Å²) in [5.41, 5.74) is 4.51. The Bertz CT molecular complexity index is 2350. The van der Waals surface area contributed by atoms with Gasteiger partial charge in [-0.1, -0.05) is 24.3 Å². The third-order valence-electron chi connectivity index (χ3n) is 9.36. The molecule has 0 saturated carbocycles. The highest BCUT2D eigenvalue weighted by Crippen LogP contribution is 2.34. The molecule has 2 aliphatic rings. The summed E-state index contributed by atoms with van der Waals surface area (Å²) in [6.45, 7) is 5.95. The molecule has 2 aromatic heterocycles. The summed E-state index contributed by atoms with van der Waals surface area (Å²) in [5.74, 6) is -1.57. The third-order valence-corrected chi connectivity index (χ3v) is 10.4. The van der Waals surface area contributed by atoms with Crippen LogP contribution < -0.4 is 19.9 Å². The van der Waals surface area contributed by atoms with Crippen LogP contribution in [0.25, 0.3) is 31.9 Å². The number of pyridine rings is 1. The Labute approximate surface area is 333 Å². The number of piperidine rings is 1. The Morgan fingerprint density at radius 1 is 0.877 bits per heavy atom. The zero-order valence-electron chi connectivity index (χ0n) is 32.2. The average Bonchev–Trinajstić information content (AvgIpc) is 3.71. The van der Waals surface area contributed by atoms with Gasteiger partial charge in [-0.2, -0.15) is 0 Å². The summed E-state index contributed by atoms with van der Waals surface area (Å²) in [6.07, 6.45) is 1.26. The van der Waals surface area contributed by atoms with Crippen LogP contribution >= 0.6 is 11.3 Å². The van der Waals surface area contributed by atoms with Gasteiger partial charge >= 0.3 is 6.09 Å². The number of nitrogens with one attached hydrogen (secondary N) is 1. The summed E-state index contributed by atoms with van der Waals surface area (Å²) < 4.78 is 18.4. The number of nitrogens with zero attached hydrogens (tertiary/aromatic N) is 5. The minimum Gasteiger partial charge on any atom is -0.491 e. The van der Waals surface area contributed by atoms with Crippen LogP contribution in [0.15, 0.2) is 79.0 Å². The third kappa shape index (κ3) is 8.64. The van der Waals surface area contributed by atoms with Crippen LogP contribution in [0.1, 0.15) is 54.3 Å². The van der Waals surface area contributed by atoms with Gasteiger partial charge in [-0.3, -0.25) is 34.3 Å². The van der Waals surface area contributed by atoms with Gasteiger partial charge < -0.3 is 19.1 Å². The number of carbonyl (C=O) groups is 5. The highest BCUT2D eigenvalue weighted by molar-refractivity contribution is 7.21. The molecule has 1 fully saturated rings. The number of aromatic nitrogens is 2. The first-order chi connectivity index (χ1) is 27.3. The average molecular weight is 791 g/mol. The number of rotatable bonds is 12. The van der Waals surface area contributed by atoms with Gasteiger partial charge in [0.1, 0.15) is 34.8 Å². The monoisotopic (exact) mass is 790 g/mol. The largest absolute Gasteiger partial charge is 0.491 e. The van der Waals surface area contributed by atoms with Crippen LogP contribution in [0, 0.1) is 0 Å². The second-order valence-corrected chi connectivity index (χ2v) is 15.8. The lowest BCUT2D eigenvalue weighted by Gasteiger charge is -2.27. The van der Waals surface area contributed by atoms with Crippen molar-refractivity contribution in [3.63, 3.8) is 0 Å². The van der Waals surface area contributed by atoms with Crippen LogP contribution in [0.4, 0.5) is 16.3 Å². The Morgan fingerprint density at radius 2 is 1.61 bits per heavy atom. The van der Waals surface area contributed by atoms with Crippen molar-refractivity contribution in [2.75, 3.05) is 50.3 Å². The summed E-state index contributed by atoms with van der Waals surface area (Å²) in [4.78, 5) is 77.2. The van der Waals surface area contributed by atoms with Gasteiger partial charge in [0.25, 0.3) is 11.8 Å². The maximum atomic E-state index is 13.3. The van der Waals surface area contributed by atoms with Crippen molar-refractivity contribution < 1.29 is 38.2 Å². The molecule has 1 N–H and O–H groups in total. The van der Waals surface area contributed by atoms with Crippen LogP contribution in [-0.2, 0) is 19.1 Å². The molecule has 1 unspecified atom stereocenters. The first kappa shape index (κ1) is 39.1. The number of benzene rings is 3. The fourth-order valence-electron chi connectivity index (χ4n) is 6.47. The molecule has 7 rings (SSSR count). The van der Waals surface area contributed by atoms with E-state index in [-0.39, 0.29) is 50.3 Å². The predicted molar refractivity (Wildman–Crippen MR) is 216 cm³/mol. The zero-order valence-corrected chi connectivity index (χ0v) is 33.1. The van der Waals surface area contributed by atoms with Gasteiger partial charge in [0, 0.05) is 43.5 Å². The molecule has 15 heteroatoms. The SMILES string of the molecule is CN(C)c1ccc2nc(-c3ccc(-c4ccc(N(CCOCCOc5ccc6c(c5)C(=O)N(C5CCC(=O)NC5=O)C6=O)C(=O)OC(C)(C)C)nc4)cc3)sc2c1. The van der Waals surface area contributed by atoms with E-state index in [0.29, 0.717) is 11.6 Å². The zero-order chi connectivity index (χ0) is 40.4. The summed E-state index contributed by atoms with van der Waals surface area (Å²) >= 11 is 1.66. The van der Waals surface area contributed by atoms with E-state index in [1.54, 1.807) is 50.4 Å². The van der Waals surface area contributed by atoms with Gasteiger partial charge in [0.15, 0.2) is 0 Å². The maximum Gasteiger partial charge on any atom is 0.416 e.